The lowest BCUT2D eigenvalue weighted by Crippen LogP contribution is -2.21. The number of hydrogen-bond acceptors (Lipinski definition) is 3. The maximum absolute atomic E-state index is 6.34. The van der Waals surface area contributed by atoms with E-state index < -0.39 is 0 Å². The van der Waals surface area contributed by atoms with Gasteiger partial charge in [-0.2, -0.15) is 0 Å². The summed E-state index contributed by atoms with van der Waals surface area (Å²) in [4.78, 5) is 4.31. The summed E-state index contributed by atoms with van der Waals surface area (Å²) in [6.45, 7) is 11.3. The van der Waals surface area contributed by atoms with E-state index >= 15 is 0 Å². The second-order valence-corrected chi connectivity index (χ2v) is 6.88. The van der Waals surface area contributed by atoms with Gasteiger partial charge in [-0.05, 0) is 37.8 Å². The zero-order valence-electron chi connectivity index (χ0n) is 12.5. The van der Waals surface area contributed by atoms with Crippen molar-refractivity contribution in [3.05, 3.63) is 18.3 Å². The normalized spacial score (nSPS) is 13.4. The molecule has 4 heteroatoms. The highest BCUT2D eigenvalue weighted by molar-refractivity contribution is 6.20. The zero-order chi connectivity index (χ0) is 14.5. The number of nitrogens with zero attached hydrogens (tertiary/aromatic N) is 1. The Morgan fingerprint density at radius 3 is 2.63 bits per heavy atom. The van der Waals surface area contributed by atoms with E-state index in [4.69, 9.17) is 16.3 Å². The van der Waals surface area contributed by atoms with E-state index in [1.807, 2.05) is 26.0 Å². The monoisotopic (exact) mass is 284 g/mol. The third-order valence-corrected chi connectivity index (χ3v) is 2.77. The molecule has 0 aliphatic rings. The quantitative estimate of drug-likeness (QED) is 0.790. The van der Waals surface area contributed by atoms with Crippen LogP contribution in [0.2, 0.25) is 0 Å². The van der Waals surface area contributed by atoms with Crippen molar-refractivity contribution in [3.63, 3.8) is 0 Å². The fourth-order valence-electron chi connectivity index (χ4n) is 1.82. The van der Waals surface area contributed by atoms with Gasteiger partial charge in [0, 0.05) is 12.7 Å². The predicted molar refractivity (Wildman–Crippen MR) is 82.2 cm³/mol. The van der Waals surface area contributed by atoms with Crippen LogP contribution in [0.1, 0.15) is 41.0 Å². The molecule has 1 unspecified atom stereocenters. The van der Waals surface area contributed by atoms with Crippen LogP contribution in [0.4, 0.5) is 5.82 Å². The highest BCUT2D eigenvalue weighted by Gasteiger charge is 2.17. The summed E-state index contributed by atoms with van der Waals surface area (Å²) >= 11 is 6.34. The van der Waals surface area contributed by atoms with Gasteiger partial charge >= 0.3 is 0 Å². The molecule has 3 nitrogen and oxygen atoms in total. The average Bonchev–Trinajstić information content (AvgIpc) is 2.24. The van der Waals surface area contributed by atoms with Crippen molar-refractivity contribution >= 4 is 17.4 Å². The van der Waals surface area contributed by atoms with Gasteiger partial charge in [0.1, 0.15) is 0 Å². The first-order valence-corrected chi connectivity index (χ1v) is 7.21. The Balaban J connectivity index is 2.57. The summed E-state index contributed by atoms with van der Waals surface area (Å²) in [6.07, 6.45) is 2.84. The van der Waals surface area contributed by atoms with Gasteiger partial charge in [0.25, 0.3) is 0 Å². The lowest BCUT2D eigenvalue weighted by atomic mass is 9.90. The number of nitrogens with one attached hydrogen (secondary N) is 1. The maximum atomic E-state index is 6.34. The topological polar surface area (TPSA) is 34.1 Å². The second kappa shape index (κ2) is 6.99. The molecular weight excluding hydrogens is 260 g/mol. The number of rotatable bonds is 6. The number of aromatic nitrogens is 1. The van der Waals surface area contributed by atoms with Crippen molar-refractivity contribution in [3.8, 4) is 5.75 Å². The van der Waals surface area contributed by atoms with Gasteiger partial charge in [0.15, 0.2) is 11.6 Å². The third kappa shape index (κ3) is 6.67. The number of ether oxygens (including phenoxy) is 1. The fourth-order valence-corrected chi connectivity index (χ4v) is 2.36. The van der Waals surface area contributed by atoms with Crippen LogP contribution in [0.15, 0.2) is 18.3 Å². The van der Waals surface area contributed by atoms with Crippen LogP contribution in [0, 0.1) is 5.41 Å². The number of hydrogen-bond donors (Lipinski definition) is 1. The smallest absolute Gasteiger partial charge is 0.168 e. The molecule has 1 rings (SSSR count). The van der Waals surface area contributed by atoms with Gasteiger partial charge in [-0.1, -0.05) is 20.8 Å². The van der Waals surface area contributed by atoms with Gasteiger partial charge in [-0.3, -0.25) is 0 Å². The second-order valence-electron chi connectivity index (χ2n) is 6.26. The summed E-state index contributed by atoms with van der Waals surface area (Å²) in [7, 11) is 0. The van der Waals surface area contributed by atoms with E-state index in [1.54, 1.807) is 6.20 Å². The van der Waals surface area contributed by atoms with Crippen molar-refractivity contribution in [1.82, 2.24) is 4.98 Å². The standard InChI is InChI=1S/C15H25ClN2O/c1-11(2)19-13-7-6-8-17-14(13)18-10-12(16)9-15(3,4)5/h6-8,11-12H,9-10H2,1-5H3,(H,17,18). The van der Waals surface area contributed by atoms with E-state index in [0.717, 1.165) is 18.0 Å². The lowest BCUT2D eigenvalue weighted by Gasteiger charge is -2.22. The Labute approximate surface area is 121 Å². The Hall–Kier alpha value is -0.960. The molecule has 19 heavy (non-hydrogen) atoms. The van der Waals surface area contributed by atoms with E-state index in [0.29, 0.717) is 6.54 Å². The third-order valence-electron chi connectivity index (χ3n) is 2.46. The molecule has 1 atom stereocenters. The molecule has 0 saturated heterocycles. The van der Waals surface area contributed by atoms with Crippen LogP contribution >= 0.6 is 11.6 Å². The molecule has 0 aromatic carbocycles. The van der Waals surface area contributed by atoms with Crippen molar-refractivity contribution in [2.24, 2.45) is 5.41 Å². The van der Waals surface area contributed by atoms with Crippen LogP contribution in [0.25, 0.3) is 0 Å². The Kier molecular flexibility index (Phi) is 5.92. The molecule has 0 aliphatic carbocycles. The van der Waals surface area contributed by atoms with Crippen molar-refractivity contribution in [2.75, 3.05) is 11.9 Å². The summed E-state index contributed by atoms with van der Waals surface area (Å²) in [5, 5.41) is 3.35. The molecule has 1 N–H and O–H groups in total. The zero-order valence-corrected chi connectivity index (χ0v) is 13.3. The Bertz CT molecular complexity index is 388. The van der Waals surface area contributed by atoms with Crippen LogP contribution in [-0.2, 0) is 0 Å². The summed E-state index contributed by atoms with van der Waals surface area (Å²) in [6, 6.07) is 3.79. The highest BCUT2D eigenvalue weighted by atomic mass is 35.5. The highest BCUT2D eigenvalue weighted by Crippen LogP contribution is 2.26. The maximum Gasteiger partial charge on any atom is 0.168 e. The predicted octanol–water partition coefficient (Wildman–Crippen LogP) is 4.32. The number of anilines is 1. The molecular formula is C15H25ClN2O. The largest absolute Gasteiger partial charge is 0.487 e. The van der Waals surface area contributed by atoms with Crippen LogP contribution in [-0.4, -0.2) is 23.0 Å². The Morgan fingerprint density at radius 2 is 2.05 bits per heavy atom. The molecule has 0 amide bonds. The van der Waals surface area contributed by atoms with Gasteiger partial charge < -0.3 is 10.1 Å². The summed E-state index contributed by atoms with van der Waals surface area (Å²) in [5.74, 6) is 1.54. The Morgan fingerprint density at radius 1 is 1.37 bits per heavy atom. The van der Waals surface area contributed by atoms with Crippen molar-refractivity contribution in [2.45, 2.75) is 52.5 Å². The van der Waals surface area contributed by atoms with E-state index in [-0.39, 0.29) is 16.9 Å². The molecule has 1 heterocycles. The first-order chi connectivity index (χ1) is 8.78. The van der Waals surface area contributed by atoms with Gasteiger partial charge in [-0.15, -0.1) is 11.6 Å². The number of alkyl halides is 1. The SMILES string of the molecule is CC(C)Oc1cccnc1NCC(Cl)CC(C)(C)C. The lowest BCUT2D eigenvalue weighted by molar-refractivity contribution is 0.243. The van der Waals surface area contributed by atoms with E-state index in [2.05, 4.69) is 31.1 Å². The van der Waals surface area contributed by atoms with Crippen molar-refractivity contribution in [1.29, 1.82) is 0 Å². The average molecular weight is 285 g/mol. The molecule has 0 aliphatic heterocycles. The minimum atomic E-state index is 0.0777. The van der Waals surface area contributed by atoms with E-state index in [9.17, 15) is 0 Å². The first-order valence-electron chi connectivity index (χ1n) is 6.77. The minimum absolute atomic E-state index is 0.0777. The van der Waals surface area contributed by atoms with Gasteiger partial charge in [0.2, 0.25) is 0 Å². The summed E-state index contributed by atoms with van der Waals surface area (Å²) < 4.78 is 5.71. The molecule has 0 spiro atoms. The molecule has 1 aromatic rings. The fraction of sp³-hybridized carbons (Fsp3) is 0.667. The van der Waals surface area contributed by atoms with Gasteiger partial charge in [0.05, 0.1) is 11.5 Å². The number of pyridine rings is 1. The molecule has 0 bridgehead atoms. The molecule has 108 valence electrons. The first kappa shape index (κ1) is 16.1. The molecule has 0 fully saturated rings. The molecule has 1 aromatic heterocycles. The van der Waals surface area contributed by atoms with Crippen LogP contribution in [0.5, 0.6) is 5.75 Å². The van der Waals surface area contributed by atoms with E-state index in [1.165, 1.54) is 0 Å². The van der Waals surface area contributed by atoms with Crippen molar-refractivity contribution < 1.29 is 4.74 Å². The summed E-state index contributed by atoms with van der Waals surface area (Å²) in [5.41, 5.74) is 0.232. The molecule has 0 saturated carbocycles. The number of halogens is 1. The minimum Gasteiger partial charge on any atom is -0.487 e. The van der Waals surface area contributed by atoms with Gasteiger partial charge in [-0.25, -0.2) is 4.98 Å². The molecule has 0 radical (unpaired) electrons. The van der Waals surface area contributed by atoms with Crippen LogP contribution < -0.4 is 10.1 Å². The van der Waals surface area contributed by atoms with Crippen LogP contribution in [0.3, 0.4) is 0 Å².